The molecule has 23 heavy (non-hydrogen) atoms. The van der Waals surface area contributed by atoms with Crippen molar-refractivity contribution in [3.05, 3.63) is 47.6 Å². The number of benzene rings is 1. The molecule has 1 amide bonds. The molecule has 2 heterocycles. The van der Waals surface area contributed by atoms with Crippen molar-refractivity contribution in [3.8, 4) is 0 Å². The number of hydrogen-bond acceptors (Lipinski definition) is 6. The minimum Gasteiger partial charge on any atom is -0.341 e. The maximum Gasteiger partial charge on any atom is 0.251 e. The third-order valence-corrected chi connectivity index (χ3v) is 4.02. The van der Waals surface area contributed by atoms with Gasteiger partial charge in [0, 0.05) is 25.2 Å². The molecule has 0 saturated carbocycles. The molecule has 2 unspecified atom stereocenters. The lowest BCUT2D eigenvalue weighted by atomic mass is 10.2. The van der Waals surface area contributed by atoms with E-state index in [-0.39, 0.29) is 18.0 Å². The van der Waals surface area contributed by atoms with Crippen LogP contribution in [0, 0.1) is 0 Å². The van der Waals surface area contributed by atoms with Crippen molar-refractivity contribution in [1.82, 2.24) is 25.7 Å². The number of rotatable bonds is 4. The second-order valence-electron chi connectivity index (χ2n) is 5.75. The summed E-state index contributed by atoms with van der Waals surface area (Å²) in [4.78, 5) is 18.8. The van der Waals surface area contributed by atoms with Gasteiger partial charge in [-0.15, -0.1) is 0 Å². The van der Waals surface area contributed by atoms with E-state index in [9.17, 15) is 4.79 Å². The van der Waals surface area contributed by atoms with Gasteiger partial charge in [-0.1, -0.05) is 23.4 Å². The Morgan fingerprint density at radius 3 is 2.96 bits per heavy atom. The van der Waals surface area contributed by atoms with Crippen LogP contribution in [0.2, 0.25) is 0 Å². The molecule has 1 fully saturated rings. The van der Waals surface area contributed by atoms with Crippen molar-refractivity contribution in [2.45, 2.75) is 19.0 Å². The van der Waals surface area contributed by atoms with Gasteiger partial charge >= 0.3 is 0 Å². The highest BCUT2D eigenvalue weighted by Crippen LogP contribution is 2.20. The van der Waals surface area contributed by atoms with Crippen LogP contribution in [0.15, 0.2) is 34.9 Å². The molecule has 3 rings (SSSR count). The zero-order chi connectivity index (χ0) is 16.2. The Morgan fingerprint density at radius 1 is 1.43 bits per heavy atom. The molecule has 7 heteroatoms. The number of hydrogen-bond donors (Lipinski definition) is 2. The van der Waals surface area contributed by atoms with Crippen molar-refractivity contribution in [2.24, 2.45) is 0 Å². The second-order valence-corrected chi connectivity index (χ2v) is 5.75. The number of carbonyl (C=O) groups excluding carboxylic acids is 1. The highest BCUT2D eigenvalue weighted by atomic mass is 16.5. The summed E-state index contributed by atoms with van der Waals surface area (Å²) >= 11 is 0. The monoisotopic (exact) mass is 315 g/mol. The van der Waals surface area contributed by atoms with Crippen LogP contribution in [0.4, 0.5) is 0 Å². The molecule has 0 spiro atoms. The van der Waals surface area contributed by atoms with Gasteiger partial charge in [-0.2, -0.15) is 4.98 Å². The number of nitrogens with zero attached hydrogens (tertiary/aromatic N) is 3. The lowest BCUT2D eigenvalue weighted by Crippen LogP contribution is -2.44. The van der Waals surface area contributed by atoms with Gasteiger partial charge in [0.15, 0.2) is 5.82 Å². The summed E-state index contributed by atoms with van der Waals surface area (Å²) in [6.07, 6.45) is 0. The van der Waals surface area contributed by atoms with Gasteiger partial charge in [-0.3, -0.25) is 9.69 Å². The second kappa shape index (κ2) is 6.89. The molecule has 1 aromatic carbocycles. The van der Waals surface area contributed by atoms with Gasteiger partial charge in [0.25, 0.3) is 5.91 Å². The summed E-state index contributed by atoms with van der Waals surface area (Å²) < 4.78 is 5.33. The molecule has 2 atom stereocenters. The van der Waals surface area contributed by atoms with Gasteiger partial charge in [-0.25, -0.2) is 0 Å². The van der Waals surface area contributed by atoms with Crippen LogP contribution < -0.4 is 10.6 Å². The SMILES string of the molecule is CC(NC(=O)c1ccccc1)c1nc(C2CNCCN2C)no1. The minimum atomic E-state index is -0.342. The van der Waals surface area contributed by atoms with E-state index in [1.165, 1.54) is 0 Å². The molecule has 2 N–H and O–H groups in total. The first kappa shape index (κ1) is 15.6. The molecule has 1 aliphatic heterocycles. The lowest BCUT2D eigenvalue weighted by molar-refractivity contribution is 0.0932. The first-order valence-corrected chi connectivity index (χ1v) is 7.75. The van der Waals surface area contributed by atoms with E-state index in [0.717, 1.165) is 19.6 Å². The summed E-state index contributed by atoms with van der Waals surface area (Å²) in [5.74, 6) is 0.910. The number of likely N-dealkylation sites (N-methyl/N-ethyl adjacent to an activating group) is 1. The number of carbonyl (C=O) groups is 1. The fraction of sp³-hybridized carbons (Fsp3) is 0.438. The minimum absolute atomic E-state index is 0.0956. The van der Waals surface area contributed by atoms with Gasteiger partial charge in [0.1, 0.15) is 6.04 Å². The summed E-state index contributed by atoms with van der Waals surface area (Å²) in [5, 5.41) is 10.3. The molecule has 1 saturated heterocycles. The molecular formula is C16H21N5O2. The van der Waals surface area contributed by atoms with Crippen molar-refractivity contribution in [3.63, 3.8) is 0 Å². The van der Waals surface area contributed by atoms with Crippen LogP contribution in [0.3, 0.4) is 0 Å². The summed E-state index contributed by atoms with van der Waals surface area (Å²) in [6.45, 7) is 4.53. The number of piperazine rings is 1. The quantitative estimate of drug-likeness (QED) is 0.880. The summed E-state index contributed by atoms with van der Waals surface area (Å²) in [7, 11) is 2.04. The van der Waals surface area contributed by atoms with Gasteiger partial charge in [0.2, 0.25) is 5.89 Å². The van der Waals surface area contributed by atoms with Crippen LogP contribution in [-0.4, -0.2) is 47.6 Å². The fourth-order valence-electron chi connectivity index (χ4n) is 2.58. The molecule has 2 aromatic rings. The van der Waals surface area contributed by atoms with Crippen LogP contribution in [0.1, 0.15) is 41.1 Å². The third kappa shape index (κ3) is 3.57. The summed E-state index contributed by atoms with van der Waals surface area (Å²) in [5.41, 5.74) is 0.607. The zero-order valence-corrected chi connectivity index (χ0v) is 13.3. The molecule has 0 bridgehead atoms. The van der Waals surface area contributed by atoms with Crippen LogP contribution in [-0.2, 0) is 0 Å². The van der Waals surface area contributed by atoms with Crippen molar-refractivity contribution in [1.29, 1.82) is 0 Å². The molecular weight excluding hydrogens is 294 g/mol. The van der Waals surface area contributed by atoms with Gasteiger partial charge in [-0.05, 0) is 26.1 Å². The molecule has 1 aromatic heterocycles. The fourth-order valence-corrected chi connectivity index (χ4v) is 2.58. The van der Waals surface area contributed by atoms with E-state index in [1.54, 1.807) is 12.1 Å². The van der Waals surface area contributed by atoms with Gasteiger partial charge < -0.3 is 15.2 Å². The Bertz CT molecular complexity index is 658. The topological polar surface area (TPSA) is 83.3 Å². The third-order valence-electron chi connectivity index (χ3n) is 4.02. The first-order valence-electron chi connectivity index (χ1n) is 7.75. The van der Waals surface area contributed by atoms with E-state index in [2.05, 4.69) is 25.7 Å². The van der Waals surface area contributed by atoms with E-state index in [0.29, 0.717) is 17.3 Å². The smallest absolute Gasteiger partial charge is 0.251 e. The molecule has 7 nitrogen and oxygen atoms in total. The number of aromatic nitrogens is 2. The Hall–Kier alpha value is -2.25. The predicted molar refractivity (Wildman–Crippen MR) is 84.9 cm³/mol. The van der Waals surface area contributed by atoms with E-state index in [1.807, 2.05) is 32.2 Å². The van der Waals surface area contributed by atoms with Crippen LogP contribution in [0.25, 0.3) is 0 Å². The molecule has 0 radical (unpaired) electrons. The Kier molecular flexibility index (Phi) is 4.68. The largest absolute Gasteiger partial charge is 0.341 e. The maximum absolute atomic E-state index is 12.2. The van der Waals surface area contributed by atoms with E-state index in [4.69, 9.17) is 4.52 Å². The van der Waals surface area contributed by atoms with Crippen molar-refractivity contribution < 1.29 is 9.32 Å². The van der Waals surface area contributed by atoms with E-state index < -0.39 is 0 Å². The number of amides is 1. The molecule has 0 aliphatic carbocycles. The molecule has 122 valence electrons. The highest BCUT2D eigenvalue weighted by molar-refractivity contribution is 5.94. The van der Waals surface area contributed by atoms with Gasteiger partial charge in [0.05, 0.1) is 6.04 Å². The average Bonchev–Trinajstić information content (AvgIpc) is 3.06. The number of nitrogens with one attached hydrogen (secondary N) is 2. The highest BCUT2D eigenvalue weighted by Gasteiger charge is 2.26. The normalized spacial score (nSPS) is 20.2. The lowest BCUT2D eigenvalue weighted by Gasteiger charge is -2.30. The molecule has 1 aliphatic rings. The van der Waals surface area contributed by atoms with E-state index >= 15 is 0 Å². The van der Waals surface area contributed by atoms with Crippen LogP contribution >= 0.6 is 0 Å². The maximum atomic E-state index is 12.2. The Balaban J connectivity index is 1.66. The standard InChI is InChI=1S/C16H21N5O2/c1-11(18-15(22)12-6-4-3-5-7-12)16-19-14(20-23-16)13-10-17-8-9-21(13)2/h3-7,11,13,17H,8-10H2,1-2H3,(H,18,22). The Morgan fingerprint density at radius 2 is 2.22 bits per heavy atom. The summed E-state index contributed by atoms with van der Waals surface area (Å²) in [6, 6.07) is 8.82. The van der Waals surface area contributed by atoms with Crippen molar-refractivity contribution in [2.75, 3.05) is 26.7 Å². The van der Waals surface area contributed by atoms with Crippen LogP contribution in [0.5, 0.6) is 0 Å². The predicted octanol–water partition coefficient (Wildman–Crippen LogP) is 1.14. The van der Waals surface area contributed by atoms with Crippen molar-refractivity contribution >= 4 is 5.91 Å². The first-order chi connectivity index (χ1) is 11.1. The Labute approximate surface area is 135 Å². The zero-order valence-electron chi connectivity index (χ0n) is 13.3. The average molecular weight is 315 g/mol.